The van der Waals surface area contributed by atoms with Gasteiger partial charge in [0.05, 0.1) is 11.8 Å². The number of pyridine rings is 1. The number of carbonyl (C=O) groups excluding carboxylic acids is 2. The van der Waals surface area contributed by atoms with Crippen molar-refractivity contribution >= 4 is 11.8 Å². The van der Waals surface area contributed by atoms with E-state index in [9.17, 15) is 14.4 Å². The average Bonchev–Trinajstić information content (AvgIpc) is 2.97. The molecule has 1 aliphatic heterocycles. The number of aromatic amines is 1. The molecule has 0 radical (unpaired) electrons. The van der Waals surface area contributed by atoms with Crippen LogP contribution in [0.5, 0.6) is 0 Å². The van der Waals surface area contributed by atoms with Gasteiger partial charge in [0.25, 0.3) is 17.4 Å². The van der Waals surface area contributed by atoms with Crippen LogP contribution in [0.2, 0.25) is 0 Å². The number of H-pyrrole nitrogens is 1. The van der Waals surface area contributed by atoms with E-state index in [1.54, 1.807) is 35.8 Å². The molecule has 1 fully saturated rings. The topological polar surface area (TPSA) is 86.6 Å². The molecule has 2 amide bonds. The van der Waals surface area contributed by atoms with Gasteiger partial charge < -0.3 is 19.2 Å². The summed E-state index contributed by atoms with van der Waals surface area (Å²) in [5.41, 5.74) is 1.72. The molecule has 7 nitrogen and oxygen atoms in total. The zero-order valence-electron chi connectivity index (χ0n) is 14.4. The fraction of sp³-hybridized carbons (Fsp3) is 0.389. The third kappa shape index (κ3) is 3.50. The SMILES string of the molecule is Cc1cc(C)c(C(=O)N2CCCN(C(=O)c3ccoc3)CC2)c(=O)[nH]1. The largest absolute Gasteiger partial charge is 0.472 e. The first-order valence-electron chi connectivity index (χ1n) is 8.28. The highest BCUT2D eigenvalue weighted by Gasteiger charge is 2.26. The van der Waals surface area contributed by atoms with Gasteiger partial charge in [-0.3, -0.25) is 14.4 Å². The Labute approximate surface area is 145 Å². The molecule has 0 bridgehead atoms. The minimum atomic E-state index is -0.363. The lowest BCUT2D eigenvalue weighted by atomic mass is 10.1. The molecule has 0 aliphatic carbocycles. The Morgan fingerprint density at radius 2 is 1.76 bits per heavy atom. The Morgan fingerprint density at radius 3 is 2.36 bits per heavy atom. The van der Waals surface area contributed by atoms with Crippen LogP contribution in [0.4, 0.5) is 0 Å². The normalized spacial score (nSPS) is 15.1. The van der Waals surface area contributed by atoms with Crippen molar-refractivity contribution in [3.63, 3.8) is 0 Å². The molecule has 1 saturated heterocycles. The number of nitrogens with zero attached hydrogens (tertiary/aromatic N) is 2. The van der Waals surface area contributed by atoms with Gasteiger partial charge in [-0.15, -0.1) is 0 Å². The first-order valence-corrected chi connectivity index (χ1v) is 8.28. The molecule has 7 heteroatoms. The summed E-state index contributed by atoms with van der Waals surface area (Å²) in [7, 11) is 0. The van der Waals surface area contributed by atoms with E-state index in [2.05, 4.69) is 4.98 Å². The van der Waals surface area contributed by atoms with Crippen LogP contribution in [0, 0.1) is 13.8 Å². The number of nitrogens with one attached hydrogen (secondary N) is 1. The van der Waals surface area contributed by atoms with Gasteiger partial charge in [0.2, 0.25) is 0 Å². The molecule has 0 unspecified atom stereocenters. The van der Waals surface area contributed by atoms with Gasteiger partial charge in [-0.1, -0.05) is 0 Å². The highest BCUT2D eigenvalue weighted by atomic mass is 16.3. The number of hydrogen-bond donors (Lipinski definition) is 1. The minimum Gasteiger partial charge on any atom is -0.472 e. The van der Waals surface area contributed by atoms with Gasteiger partial charge in [-0.05, 0) is 38.0 Å². The summed E-state index contributed by atoms with van der Waals surface area (Å²) in [5.74, 6) is -0.385. The van der Waals surface area contributed by atoms with Gasteiger partial charge in [0.1, 0.15) is 11.8 Å². The second kappa shape index (κ2) is 6.96. The van der Waals surface area contributed by atoms with Crippen LogP contribution in [0.25, 0.3) is 0 Å². The lowest BCUT2D eigenvalue weighted by Crippen LogP contribution is -2.39. The van der Waals surface area contributed by atoms with E-state index >= 15 is 0 Å². The van der Waals surface area contributed by atoms with E-state index in [0.717, 1.165) is 5.69 Å². The molecule has 0 saturated carbocycles. The van der Waals surface area contributed by atoms with Crippen LogP contribution in [-0.2, 0) is 0 Å². The van der Waals surface area contributed by atoms with E-state index < -0.39 is 0 Å². The van der Waals surface area contributed by atoms with E-state index in [4.69, 9.17) is 4.42 Å². The number of hydrogen-bond acceptors (Lipinski definition) is 4. The van der Waals surface area contributed by atoms with Gasteiger partial charge in [-0.2, -0.15) is 0 Å². The van der Waals surface area contributed by atoms with Crippen LogP contribution in [-0.4, -0.2) is 52.8 Å². The van der Waals surface area contributed by atoms with Crippen molar-refractivity contribution in [1.82, 2.24) is 14.8 Å². The number of carbonyl (C=O) groups is 2. The van der Waals surface area contributed by atoms with Crippen LogP contribution in [0.15, 0.2) is 33.9 Å². The number of aromatic nitrogens is 1. The summed E-state index contributed by atoms with van der Waals surface area (Å²) in [6.07, 6.45) is 3.55. The molecule has 25 heavy (non-hydrogen) atoms. The molecule has 0 atom stereocenters. The number of aryl methyl sites for hydroxylation is 2. The smallest absolute Gasteiger partial charge is 0.261 e. The zero-order chi connectivity index (χ0) is 18.0. The Kier molecular flexibility index (Phi) is 4.74. The minimum absolute atomic E-state index is 0.104. The van der Waals surface area contributed by atoms with Gasteiger partial charge in [-0.25, -0.2) is 0 Å². The number of furan rings is 1. The Hall–Kier alpha value is -2.83. The lowest BCUT2D eigenvalue weighted by molar-refractivity contribution is 0.0717. The van der Waals surface area contributed by atoms with Crippen LogP contribution < -0.4 is 5.56 Å². The highest BCUT2D eigenvalue weighted by molar-refractivity contribution is 5.96. The van der Waals surface area contributed by atoms with E-state index in [1.165, 1.54) is 12.5 Å². The lowest BCUT2D eigenvalue weighted by Gasteiger charge is -2.22. The van der Waals surface area contributed by atoms with Crippen molar-refractivity contribution in [2.45, 2.75) is 20.3 Å². The van der Waals surface area contributed by atoms with E-state index in [0.29, 0.717) is 43.7 Å². The molecule has 2 aromatic rings. The number of rotatable bonds is 2. The summed E-state index contributed by atoms with van der Waals surface area (Å²) in [6, 6.07) is 3.42. The van der Waals surface area contributed by atoms with Crippen LogP contribution in [0.1, 0.15) is 38.4 Å². The van der Waals surface area contributed by atoms with E-state index in [-0.39, 0.29) is 22.9 Å². The zero-order valence-corrected chi connectivity index (χ0v) is 14.4. The van der Waals surface area contributed by atoms with E-state index in [1.807, 2.05) is 0 Å². The monoisotopic (exact) mass is 343 g/mol. The summed E-state index contributed by atoms with van der Waals surface area (Å²) in [6.45, 7) is 5.46. The molecule has 3 rings (SSSR count). The Bertz CT molecular complexity index is 839. The quantitative estimate of drug-likeness (QED) is 0.897. The van der Waals surface area contributed by atoms with Crippen molar-refractivity contribution in [3.05, 3.63) is 57.4 Å². The molecule has 0 aromatic carbocycles. The third-order valence-electron chi connectivity index (χ3n) is 4.42. The Morgan fingerprint density at radius 1 is 1.08 bits per heavy atom. The first kappa shape index (κ1) is 17.0. The van der Waals surface area contributed by atoms with Crippen molar-refractivity contribution in [3.8, 4) is 0 Å². The molecule has 2 aromatic heterocycles. The summed E-state index contributed by atoms with van der Waals surface area (Å²) >= 11 is 0. The maximum absolute atomic E-state index is 12.8. The maximum atomic E-state index is 12.8. The van der Waals surface area contributed by atoms with Gasteiger partial charge >= 0.3 is 0 Å². The summed E-state index contributed by atoms with van der Waals surface area (Å²) < 4.78 is 4.96. The predicted octanol–water partition coefficient (Wildman–Crippen LogP) is 1.57. The molecule has 132 valence electrons. The fourth-order valence-corrected chi connectivity index (χ4v) is 3.17. The highest BCUT2D eigenvalue weighted by Crippen LogP contribution is 2.13. The van der Waals surface area contributed by atoms with Crippen LogP contribution >= 0.6 is 0 Å². The first-order chi connectivity index (χ1) is 12.0. The third-order valence-corrected chi connectivity index (χ3v) is 4.42. The molecule has 1 N–H and O–H groups in total. The standard InChI is InChI=1S/C18H21N3O4/c1-12-10-13(2)19-16(22)15(12)18(24)21-6-3-5-20(7-8-21)17(23)14-4-9-25-11-14/h4,9-11H,3,5-8H2,1-2H3,(H,19,22). The number of amides is 2. The second-order valence-corrected chi connectivity index (χ2v) is 6.29. The van der Waals surface area contributed by atoms with Crippen LogP contribution in [0.3, 0.4) is 0 Å². The Balaban J connectivity index is 1.74. The van der Waals surface area contributed by atoms with Crippen molar-refractivity contribution in [2.24, 2.45) is 0 Å². The molecule has 0 spiro atoms. The van der Waals surface area contributed by atoms with Gasteiger partial charge in [0.15, 0.2) is 0 Å². The summed E-state index contributed by atoms with van der Waals surface area (Å²) in [4.78, 5) is 43.4. The maximum Gasteiger partial charge on any atom is 0.261 e. The fourth-order valence-electron chi connectivity index (χ4n) is 3.17. The van der Waals surface area contributed by atoms with Crippen molar-refractivity contribution in [1.29, 1.82) is 0 Å². The van der Waals surface area contributed by atoms with Crippen molar-refractivity contribution < 1.29 is 14.0 Å². The van der Waals surface area contributed by atoms with Crippen molar-refractivity contribution in [2.75, 3.05) is 26.2 Å². The predicted molar refractivity (Wildman–Crippen MR) is 91.7 cm³/mol. The molecular formula is C18H21N3O4. The molecule has 3 heterocycles. The summed E-state index contributed by atoms with van der Waals surface area (Å²) in [5, 5.41) is 0. The molecular weight excluding hydrogens is 322 g/mol. The second-order valence-electron chi connectivity index (χ2n) is 6.29. The van der Waals surface area contributed by atoms with Gasteiger partial charge in [0, 0.05) is 31.9 Å². The average molecular weight is 343 g/mol. The molecule has 1 aliphatic rings.